The maximum Gasteiger partial charge on any atom is 0.348 e. The molecule has 0 spiro atoms. The summed E-state index contributed by atoms with van der Waals surface area (Å²) in [5.74, 6) is 0.386. The molecule has 0 saturated carbocycles. The molecule has 0 aliphatic heterocycles. The number of benzene rings is 1. The van der Waals surface area contributed by atoms with Gasteiger partial charge in [0.2, 0.25) is 11.0 Å². The van der Waals surface area contributed by atoms with Crippen molar-refractivity contribution in [2.45, 2.75) is 13.3 Å². The van der Waals surface area contributed by atoms with Gasteiger partial charge in [-0.15, -0.1) is 0 Å². The first-order valence-electron chi connectivity index (χ1n) is 6.16. The van der Waals surface area contributed by atoms with E-state index in [0.29, 0.717) is 17.9 Å². The normalized spacial score (nSPS) is 10.4. The molecule has 0 aliphatic carbocycles. The van der Waals surface area contributed by atoms with Crippen molar-refractivity contribution < 1.29 is 10.0 Å². The molecule has 0 bridgehead atoms. The molecular weight excluding hydrogens is 296 g/mol. The van der Waals surface area contributed by atoms with E-state index in [1.54, 1.807) is 19.1 Å². The highest BCUT2D eigenvalue weighted by Crippen LogP contribution is 2.31. The molecule has 0 amide bonds. The van der Waals surface area contributed by atoms with E-state index in [2.05, 4.69) is 15.3 Å². The van der Waals surface area contributed by atoms with Gasteiger partial charge in [0.15, 0.2) is 0 Å². The number of rotatable bonds is 5. The van der Waals surface area contributed by atoms with E-state index < -0.39 is 4.92 Å². The number of nitrogens with zero attached hydrogens (tertiary/aromatic N) is 3. The van der Waals surface area contributed by atoms with Crippen LogP contribution in [0.5, 0.6) is 0 Å². The summed E-state index contributed by atoms with van der Waals surface area (Å²) in [6.07, 6.45) is 0.554. The third-order valence-electron chi connectivity index (χ3n) is 2.75. The second-order valence-electron chi connectivity index (χ2n) is 4.31. The van der Waals surface area contributed by atoms with Crippen LogP contribution < -0.4 is 5.32 Å². The van der Waals surface area contributed by atoms with Gasteiger partial charge in [-0.2, -0.15) is 0 Å². The van der Waals surface area contributed by atoms with Gasteiger partial charge in [-0.3, -0.25) is 10.1 Å². The average Bonchev–Trinajstić information content (AvgIpc) is 2.40. The number of aliphatic hydroxyl groups excluding tert-OH is 1. The highest BCUT2D eigenvalue weighted by Gasteiger charge is 2.22. The molecule has 0 saturated heterocycles. The topological polar surface area (TPSA) is 101 Å². The van der Waals surface area contributed by atoms with Gasteiger partial charge in [-0.1, -0.05) is 23.7 Å². The van der Waals surface area contributed by atoms with Gasteiger partial charge in [0.05, 0.1) is 4.92 Å². The van der Waals surface area contributed by atoms with Gasteiger partial charge < -0.3 is 10.4 Å². The largest absolute Gasteiger partial charge is 0.396 e. The van der Waals surface area contributed by atoms with E-state index >= 15 is 0 Å². The SMILES string of the molecule is Cc1nc(Cl)c([N+](=O)[O-])c(Nc2ccc(CCO)cc2)n1. The average molecular weight is 309 g/mol. The van der Waals surface area contributed by atoms with E-state index in [1.807, 2.05) is 12.1 Å². The van der Waals surface area contributed by atoms with Gasteiger partial charge in [0.25, 0.3) is 0 Å². The number of aliphatic hydroxyl groups is 1. The van der Waals surface area contributed by atoms with Crippen LogP contribution in [0.2, 0.25) is 5.15 Å². The Bertz CT molecular complexity index is 661. The lowest BCUT2D eigenvalue weighted by Gasteiger charge is -2.08. The second kappa shape index (κ2) is 6.47. The zero-order chi connectivity index (χ0) is 15.4. The van der Waals surface area contributed by atoms with Crippen LogP contribution in [0.15, 0.2) is 24.3 Å². The minimum atomic E-state index is -0.621. The quantitative estimate of drug-likeness (QED) is 0.500. The lowest BCUT2D eigenvalue weighted by molar-refractivity contribution is -0.384. The zero-order valence-corrected chi connectivity index (χ0v) is 12.0. The molecule has 2 N–H and O–H groups in total. The third kappa shape index (κ3) is 3.65. The first-order chi connectivity index (χ1) is 10.0. The number of nitro groups is 1. The Kier molecular flexibility index (Phi) is 4.66. The number of nitrogens with one attached hydrogen (secondary N) is 1. The Balaban J connectivity index is 2.32. The predicted octanol–water partition coefficient (Wildman–Crippen LogP) is 2.63. The van der Waals surface area contributed by atoms with Crippen molar-refractivity contribution in [2.75, 3.05) is 11.9 Å². The maximum absolute atomic E-state index is 11.1. The van der Waals surface area contributed by atoms with Crippen molar-refractivity contribution >= 4 is 28.8 Å². The van der Waals surface area contributed by atoms with Crippen molar-refractivity contribution in [2.24, 2.45) is 0 Å². The summed E-state index contributed by atoms with van der Waals surface area (Å²) in [4.78, 5) is 18.2. The van der Waals surface area contributed by atoms with E-state index in [0.717, 1.165) is 5.56 Å². The molecule has 21 heavy (non-hydrogen) atoms. The van der Waals surface area contributed by atoms with Crippen LogP contribution in [0.25, 0.3) is 0 Å². The fourth-order valence-electron chi connectivity index (χ4n) is 1.80. The van der Waals surface area contributed by atoms with Crippen LogP contribution in [-0.4, -0.2) is 26.6 Å². The van der Waals surface area contributed by atoms with E-state index in [4.69, 9.17) is 16.7 Å². The number of halogens is 1. The van der Waals surface area contributed by atoms with Gasteiger partial charge in [0, 0.05) is 12.3 Å². The van der Waals surface area contributed by atoms with Crippen molar-refractivity contribution in [3.63, 3.8) is 0 Å². The molecule has 2 rings (SSSR count). The smallest absolute Gasteiger partial charge is 0.348 e. The Morgan fingerprint density at radius 1 is 1.33 bits per heavy atom. The molecule has 0 unspecified atom stereocenters. The van der Waals surface area contributed by atoms with Crippen molar-refractivity contribution in [3.8, 4) is 0 Å². The summed E-state index contributed by atoms with van der Waals surface area (Å²) in [6, 6.07) is 7.14. The Morgan fingerprint density at radius 3 is 2.57 bits per heavy atom. The van der Waals surface area contributed by atoms with E-state index in [1.165, 1.54) is 0 Å². The standard InChI is InChI=1S/C13H13ClN4O3/c1-8-15-12(14)11(18(20)21)13(16-8)17-10-4-2-9(3-5-10)6-7-19/h2-5,19H,6-7H2,1H3,(H,15,16,17). The zero-order valence-electron chi connectivity index (χ0n) is 11.2. The second-order valence-corrected chi connectivity index (χ2v) is 4.67. The number of hydrogen-bond donors (Lipinski definition) is 2. The molecule has 0 radical (unpaired) electrons. The highest BCUT2D eigenvalue weighted by molar-refractivity contribution is 6.31. The molecule has 8 heteroatoms. The summed E-state index contributed by atoms with van der Waals surface area (Å²) < 4.78 is 0. The minimum Gasteiger partial charge on any atom is -0.396 e. The van der Waals surface area contributed by atoms with Gasteiger partial charge in [-0.05, 0) is 31.0 Å². The number of anilines is 2. The van der Waals surface area contributed by atoms with Gasteiger partial charge in [-0.25, -0.2) is 9.97 Å². The lowest BCUT2D eigenvalue weighted by atomic mass is 10.1. The van der Waals surface area contributed by atoms with Crippen LogP contribution in [0.3, 0.4) is 0 Å². The highest BCUT2D eigenvalue weighted by atomic mass is 35.5. The molecule has 0 fully saturated rings. The molecule has 1 aromatic heterocycles. The van der Waals surface area contributed by atoms with Crippen LogP contribution in [0, 0.1) is 17.0 Å². The third-order valence-corrected chi connectivity index (χ3v) is 3.02. The summed E-state index contributed by atoms with van der Waals surface area (Å²) in [6.45, 7) is 1.67. The minimum absolute atomic E-state index is 0.0485. The van der Waals surface area contributed by atoms with Crippen LogP contribution in [0.1, 0.15) is 11.4 Å². The van der Waals surface area contributed by atoms with Crippen LogP contribution in [0.4, 0.5) is 17.2 Å². The number of aryl methyl sites for hydroxylation is 1. The fraction of sp³-hybridized carbons (Fsp3) is 0.231. The molecule has 1 heterocycles. The number of aromatic nitrogens is 2. The summed E-state index contributed by atoms with van der Waals surface area (Å²) in [5.41, 5.74) is 1.24. The molecule has 0 aliphatic rings. The summed E-state index contributed by atoms with van der Waals surface area (Å²) in [5, 5.41) is 22.6. The Hall–Kier alpha value is -2.25. The number of hydrogen-bond acceptors (Lipinski definition) is 6. The molecule has 2 aromatic rings. The van der Waals surface area contributed by atoms with Crippen LogP contribution in [-0.2, 0) is 6.42 Å². The first-order valence-corrected chi connectivity index (χ1v) is 6.54. The molecule has 7 nitrogen and oxygen atoms in total. The first kappa shape index (κ1) is 15.1. The van der Waals surface area contributed by atoms with Crippen molar-refractivity contribution in [1.82, 2.24) is 9.97 Å². The molecule has 1 aromatic carbocycles. The lowest BCUT2D eigenvalue weighted by Crippen LogP contribution is -2.04. The van der Waals surface area contributed by atoms with E-state index in [9.17, 15) is 10.1 Å². The Morgan fingerprint density at radius 2 is 2.00 bits per heavy atom. The fourth-order valence-corrected chi connectivity index (χ4v) is 2.08. The summed E-state index contributed by atoms with van der Waals surface area (Å²) in [7, 11) is 0. The van der Waals surface area contributed by atoms with Crippen molar-refractivity contribution in [1.29, 1.82) is 0 Å². The molecule has 110 valence electrons. The monoisotopic (exact) mass is 308 g/mol. The molecule has 0 atom stereocenters. The van der Waals surface area contributed by atoms with Crippen molar-refractivity contribution in [3.05, 3.63) is 50.9 Å². The van der Waals surface area contributed by atoms with Crippen LogP contribution >= 0.6 is 11.6 Å². The van der Waals surface area contributed by atoms with Gasteiger partial charge >= 0.3 is 5.69 Å². The Labute approximate surface area is 125 Å². The van der Waals surface area contributed by atoms with E-state index in [-0.39, 0.29) is 23.3 Å². The summed E-state index contributed by atoms with van der Waals surface area (Å²) >= 11 is 5.80. The molecular formula is C13H13ClN4O3. The predicted molar refractivity (Wildman–Crippen MR) is 78.9 cm³/mol. The van der Waals surface area contributed by atoms with Gasteiger partial charge in [0.1, 0.15) is 5.82 Å². The maximum atomic E-state index is 11.1.